The van der Waals surface area contributed by atoms with Gasteiger partial charge in [-0.25, -0.2) is 4.68 Å². The summed E-state index contributed by atoms with van der Waals surface area (Å²) >= 11 is 1.76. The molecule has 0 aliphatic carbocycles. The zero-order chi connectivity index (χ0) is 15.9. The number of rotatable bonds is 8. The molecule has 2 rings (SSSR count). The van der Waals surface area contributed by atoms with E-state index in [1.54, 1.807) is 11.3 Å². The van der Waals surface area contributed by atoms with Gasteiger partial charge in [-0.2, -0.15) is 0 Å². The number of carboxylic acid groups (broad SMARTS) is 1. The molecule has 1 amide bonds. The number of carbonyl (C=O) groups excluding carboxylic acids is 1. The number of hydrogen-bond acceptors (Lipinski definition) is 5. The van der Waals surface area contributed by atoms with E-state index in [-0.39, 0.29) is 19.0 Å². The molecule has 0 spiro atoms. The van der Waals surface area contributed by atoms with E-state index in [1.807, 2.05) is 0 Å². The van der Waals surface area contributed by atoms with Crippen LogP contribution in [0.3, 0.4) is 0 Å². The van der Waals surface area contributed by atoms with Crippen LogP contribution in [0.5, 0.6) is 0 Å². The predicted octanol–water partition coefficient (Wildman–Crippen LogP) is 1.37. The first kappa shape index (κ1) is 16.2. The molecule has 2 heterocycles. The van der Waals surface area contributed by atoms with Crippen molar-refractivity contribution >= 4 is 23.2 Å². The van der Waals surface area contributed by atoms with Crippen LogP contribution in [0.25, 0.3) is 0 Å². The average molecular weight is 322 g/mol. The first-order valence-electron chi connectivity index (χ1n) is 6.96. The first-order valence-corrected chi connectivity index (χ1v) is 7.77. The van der Waals surface area contributed by atoms with Crippen molar-refractivity contribution in [3.8, 4) is 0 Å². The summed E-state index contributed by atoms with van der Waals surface area (Å²) in [7, 11) is 0. The van der Waals surface area contributed by atoms with Crippen molar-refractivity contribution in [1.29, 1.82) is 0 Å². The van der Waals surface area contributed by atoms with Crippen LogP contribution >= 0.6 is 11.3 Å². The van der Waals surface area contributed by atoms with Gasteiger partial charge in [0.05, 0.1) is 12.7 Å². The first-order chi connectivity index (χ1) is 10.5. The fourth-order valence-electron chi connectivity index (χ4n) is 1.96. The van der Waals surface area contributed by atoms with E-state index < -0.39 is 5.97 Å². The van der Waals surface area contributed by atoms with Gasteiger partial charge in [0.2, 0.25) is 5.91 Å². The lowest BCUT2D eigenvalue weighted by atomic mass is 10.2. The van der Waals surface area contributed by atoms with Crippen molar-refractivity contribution in [2.24, 2.45) is 0 Å². The monoisotopic (exact) mass is 322 g/mol. The van der Waals surface area contributed by atoms with Crippen LogP contribution < -0.4 is 5.32 Å². The van der Waals surface area contributed by atoms with Crippen LogP contribution in [0.1, 0.15) is 28.3 Å². The molecule has 0 aliphatic heterocycles. The number of hydrogen-bond donors (Lipinski definition) is 2. The maximum atomic E-state index is 11.7. The van der Waals surface area contributed by atoms with E-state index in [0.29, 0.717) is 12.1 Å². The lowest BCUT2D eigenvalue weighted by molar-refractivity contribution is -0.138. The molecule has 7 nitrogen and oxygen atoms in total. The second-order valence-corrected chi connectivity index (χ2v) is 6.32. The van der Waals surface area contributed by atoms with Gasteiger partial charge in [0.1, 0.15) is 12.2 Å². The second kappa shape index (κ2) is 7.69. The number of aliphatic carboxylic acids is 1. The predicted molar refractivity (Wildman–Crippen MR) is 81.5 cm³/mol. The Morgan fingerprint density at radius 3 is 2.91 bits per heavy atom. The number of carbonyl (C=O) groups is 2. The molecule has 0 saturated heterocycles. The van der Waals surface area contributed by atoms with E-state index in [0.717, 1.165) is 12.8 Å². The lowest BCUT2D eigenvalue weighted by Crippen LogP contribution is -2.22. The highest BCUT2D eigenvalue weighted by atomic mass is 32.1. The highest BCUT2D eigenvalue weighted by Crippen LogP contribution is 2.17. The van der Waals surface area contributed by atoms with Gasteiger partial charge in [0.25, 0.3) is 0 Å². The van der Waals surface area contributed by atoms with Crippen molar-refractivity contribution < 1.29 is 14.7 Å². The Hall–Kier alpha value is -2.22. The van der Waals surface area contributed by atoms with Crippen LogP contribution in [0.15, 0.2) is 18.3 Å². The number of aromatic nitrogens is 3. The third-order valence-corrected chi connectivity index (χ3v) is 4.03. The molecular weight excluding hydrogens is 304 g/mol. The van der Waals surface area contributed by atoms with Crippen LogP contribution in [-0.4, -0.2) is 32.0 Å². The highest BCUT2D eigenvalue weighted by molar-refractivity contribution is 7.11. The van der Waals surface area contributed by atoms with Crippen LogP contribution in [0.4, 0.5) is 0 Å². The number of thiophene rings is 1. The number of nitrogens with zero attached hydrogens (tertiary/aromatic N) is 3. The van der Waals surface area contributed by atoms with Gasteiger partial charge in [-0.15, -0.1) is 16.4 Å². The van der Waals surface area contributed by atoms with Gasteiger partial charge in [-0.3, -0.25) is 9.59 Å². The van der Waals surface area contributed by atoms with Gasteiger partial charge in [0.15, 0.2) is 0 Å². The number of amides is 1. The second-order valence-electron chi connectivity index (χ2n) is 4.94. The minimum absolute atomic E-state index is 0.0407. The van der Waals surface area contributed by atoms with Crippen LogP contribution in [0.2, 0.25) is 0 Å². The molecule has 8 heteroatoms. The quantitative estimate of drug-likeness (QED) is 0.765. The molecule has 0 bridgehead atoms. The average Bonchev–Trinajstić information content (AvgIpc) is 3.05. The smallest absolute Gasteiger partial charge is 0.325 e. The Balaban J connectivity index is 1.66. The van der Waals surface area contributed by atoms with E-state index in [2.05, 4.69) is 34.7 Å². The molecule has 22 heavy (non-hydrogen) atoms. The lowest BCUT2D eigenvalue weighted by Gasteiger charge is -2.02. The van der Waals surface area contributed by atoms with Crippen molar-refractivity contribution in [2.45, 2.75) is 39.3 Å². The minimum Gasteiger partial charge on any atom is -0.480 e. The van der Waals surface area contributed by atoms with Gasteiger partial charge in [0, 0.05) is 16.2 Å². The summed E-state index contributed by atoms with van der Waals surface area (Å²) in [5.41, 5.74) is 0.545. The fraction of sp³-hybridized carbons (Fsp3) is 0.429. The third kappa shape index (κ3) is 5.28. The zero-order valence-corrected chi connectivity index (χ0v) is 13.1. The number of aryl methyl sites for hydroxylation is 2. The standard InChI is InChI=1S/C14H18N4O3S/c1-10-5-6-12(22-10)3-2-4-13(19)15-7-11-8-18(17-16-11)9-14(20)21/h5-6,8H,2-4,7,9H2,1H3,(H,15,19)(H,20,21). The minimum atomic E-state index is -0.982. The van der Waals surface area contributed by atoms with Crippen molar-refractivity contribution in [3.63, 3.8) is 0 Å². The van der Waals surface area contributed by atoms with Crippen molar-refractivity contribution in [3.05, 3.63) is 33.8 Å². The Labute approximate surface area is 132 Å². The maximum absolute atomic E-state index is 11.7. The van der Waals surface area contributed by atoms with Gasteiger partial charge in [-0.05, 0) is 31.9 Å². The Morgan fingerprint density at radius 2 is 2.23 bits per heavy atom. The van der Waals surface area contributed by atoms with Gasteiger partial charge >= 0.3 is 5.97 Å². The molecule has 0 aromatic carbocycles. The largest absolute Gasteiger partial charge is 0.480 e. The third-order valence-electron chi connectivity index (χ3n) is 2.97. The summed E-state index contributed by atoms with van der Waals surface area (Å²) in [6.07, 6.45) is 3.68. The summed E-state index contributed by atoms with van der Waals surface area (Å²) in [5.74, 6) is -1.02. The summed E-state index contributed by atoms with van der Waals surface area (Å²) in [4.78, 5) is 24.8. The highest BCUT2D eigenvalue weighted by Gasteiger charge is 2.07. The molecule has 0 atom stereocenters. The molecule has 0 unspecified atom stereocenters. The molecule has 0 fully saturated rings. The fourth-order valence-corrected chi connectivity index (χ4v) is 2.89. The van der Waals surface area contributed by atoms with Gasteiger partial charge < -0.3 is 10.4 Å². The van der Waals surface area contributed by atoms with Crippen molar-refractivity contribution in [1.82, 2.24) is 20.3 Å². The Kier molecular flexibility index (Phi) is 5.65. The van der Waals surface area contributed by atoms with Crippen molar-refractivity contribution in [2.75, 3.05) is 0 Å². The number of carboxylic acids is 1. The normalized spacial score (nSPS) is 10.6. The molecule has 0 saturated carbocycles. The summed E-state index contributed by atoms with van der Waals surface area (Å²) in [6, 6.07) is 4.18. The summed E-state index contributed by atoms with van der Waals surface area (Å²) in [6.45, 7) is 2.09. The molecule has 2 N–H and O–H groups in total. The van der Waals surface area contributed by atoms with E-state index in [9.17, 15) is 9.59 Å². The molecule has 0 aliphatic rings. The molecule has 2 aromatic heterocycles. The Morgan fingerprint density at radius 1 is 1.41 bits per heavy atom. The zero-order valence-electron chi connectivity index (χ0n) is 12.3. The molecular formula is C14H18N4O3S. The van der Waals surface area contributed by atoms with Gasteiger partial charge in [-0.1, -0.05) is 5.21 Å². The summed E-state index contributed by atoms with van der Waals surface area (Å²) < 4.78 is 1.23. The molecule has 0 radical (unpaired) electrons. The molecule has 118 valence electrons. The van der Waals surface area contributed by atoms with E-state index in [4.69, 9.17) is 5.11 Å². The topological polar surface area (TPSA) is 97.1 Å². The Bertz CT molecular complexity index is 650. The summed E-state index contributed by atoms with van der Waals surface area (Å²) in [5, 5.41) is 18.9. The number of nitrogens with one attached hydrogen (secondary N) is 1. The van der Waals surface area contributed by atoms with E-state index >= 15 is 0 Å². The van der Waals surface area contributed by atoms with Crippen LogP contribution in [-0.2, 0) is 29.1 Å². The maximum Gasteiger partial charge on any atom is 0.325 e. The van der Waals surface area contributed by atoms with Crippen LogP contribution in [0, 0.1) is 6.92 Å². The molecule has 2 aromatic rings. The SMILES string of the molecule is Cc1ccc(CCCC(=O)NCc2cn(CC(=O)O)nn2)s1. The van der Waals surface area contributed by atoms with E-state index in [1.165, 1.54) is 20.6 Å².